The van der Waals surface area contributed by atoms with Crippen LogP contribution in [-0.4, -0.2) is 31.8 Å². The number of rotatable bonds is 11. The lowest BCUT2D eigenvalue weighted by atomic mass is 9.74. The first-order chi connectivity index (χ1) is 31.3. The van der Waals surface area contributed by atoms with Gasteiger partial charge in [0.1, 0.15) is 5.01 Å². The highest BCUT2D eigenvalue weighted by Gasteiger charge is 2.37. The summed E-state index contributed by atoms with van der Waals surface area (Å²) in [4.78, 5) is 20.1. The Morgan fingerprint density at radius 1 is 0.656 bits per heavy atom. The summed E-state index contributed by atoms with van der Waals surface area (Å²) >= 11 is 1.78. The lowest BCUT2D eigenvalue weighted by Crippen LogP contribution is -2.24. The van der Waals surface area contributed by atoms with Gasteiger partial charge in [-0.15, -0.1) is 11.3 Å². The van der Waals surface area contributed by atoms with E-state index in [9.17, 15) is 0 Å². The molecule has 5 nitrogen and oxygen atoms in total. The maximum atomic E-state index is 5.09. The maximum Gasteiger partial charge on any atom is 0.177 e. The van der Waals surface area contributed by atoms with Crippen molar-refractivity contribution in [1.82, 2.24) is 24.5 Å². The Hall–Kier alpha value is -7.48. The second-order valence-electron chi connectivity index (χ2n) is 16.6. The van der Waals surface area contributed by atoms with Crippen molar-refractivity contribution in [3.8, 4) is 61.5 Å². The standard InChI is InChI=1S/C57H46BN5S/c1-7-9-28-44-46(34-37(8-2)41-29-30-45-48(35-41)57(4,5)47-31-32-49-51(50(45)47)64-56(59-49)40-24-17-12-18-25-40)36(3)63(52(44)58-6)43-27-19-26-42(33-43)55-61-53(38-20-13-10-14-21-38)60-54(62-55)39-22-15-11-16-23-39/h7-35,58H,1-2H2,3-6H3/b28-9-,37-34+. The molecule has 0 N–H and O–H groups in total. The lowest BCUT2D eigenvalue weighted by molar-refractivity contribution is 0.660. The number of hydrogen-bond donors (Lipinski definition) is 0. The number of nitrogens with zero attached hydrogens (tertiary/aromatic N) is 5. The van der Waals surface area contributed by atoms with Crippen LogP contribution in [-0.2, 0) is 5.41 Å². The molecule has 0 fully saturated rings. The van der Waals surface area contributed by atoms with Crippen LogP contribution < -0.4 is 5.59 Å². The summed E-state index contributed by atoms with van der Waals surface area (Å²) < 4.78 is 3.62. The third-order valence-corrected chi connectivity index (χ3v) is 13.6. The largest absolute Gasteiger partial charge is 0.326 e. The van der Waals surface area contributed by atoms with Crippen molar-refractivity contribution in [3.05, 3.63) is 210 Å². The van der Waals surface area contributed by atoms with Crippen LogP contribution in [0.3, 0.4) is 0 Å². The zero-order chi connectivity index (χ0) is 44.0. The van der Waals surface area contributed by atoms with Crippen molar-refractivity contribution in [2.24, 2.45) is 0 Å². The highest BCUT2D eigenvalue weighted by Crippen LogP contribution is 2.53. The number of hydrogen-bond acceptors (Lipinski definition) is 5. The summed E-state index contributed by atoms with van der Waals surface area (Å²) in [5.41, 5.74) is 17.8. The first-order valence-electron chi connectivity index (χ1n) is 21.8. The summed E-state index contributed by atoms with van der Waals surface area (Å²) in [6, 6.07) is 50.6. The van der Waals surface area contributed by atoms with Crippen molar-refractivity contribution in [1.29, 1.82) is 0 Å². The molecule has 0 saturated heterocycles. The SMILES string of the molecule is C=C/C=C\c1c(/C=C(\C=C)c2ccc3c(c2)C(C)(C)c2ccc4nc(-c5ccccc5)sc4c2-3)c(C)n(-c2cccc(-c3nc(-c4ccccc4)nc(-c4ccccc4)n3)c2)c1BC. The average molecular weight is 844 g/mol. The Morgan fingerprint density at radius 3 is 1.91 bits per heavy atom. The minimum Gasteiger partial charge on any atom is -0.326 e. The highest BCUT2D eigenvalue weighted by molar-refractivity contribution is 7.22. The molecule has 0 amide bonds. The Balaban J connectivity index is 1.08. The van der Waals surface area contributed by atoms with Gasteiger partial charge in [-0.05, 0) is 76.2 Å². The molecule has 64 heavy (non-hydrogen) atoms. The normalized spacial score (nSPS) is 13.0. The van der Waals surface area contributed by atoms with Crippen LogP contribution in [0.2, 0.25) is 6.82 Å². The Kier molecular flexibility index (Phi) is 10.6. The van der Waals surface area contributed by atoms with E-state index < -0.39 is 0 Å². The second kappa shape index (κ2) is 16.7. The molecule has 7 heteroatoms. The van der Waals surface area contributed by atoms with Gasteiger partial charge in [0, 0.05) is 50.2 Å². The van der Waals surface area contributed by atoms with Gasteiger partial charge in [-0.2, -0.15) is 0 Å². The van der Waals surface area contributed by atoms with Gasteiger partial charge in [0.25, 0.3) is 0 Å². The predicted molar refractivity (Wildman–Crippen MR) is 273 cm³/mol. The quantitative estimate of drug-likeness (QED) is 0.0961. The van der Waals surface area contributed by atoms with E-state index in [-0.39, 0.29) is 5.41 Å². The minimum atomic E-state index is -0.197. The zero-order valence-electron chi connectivity index (χ0n) is 36.5. The van der Waals surface area contributed by atoms with Crippen LogP contribution in [0, 0.1) is 6.92 Å². The molecule has 0 saturated carbocycles. The van der Waals surface area contributed by atoms with Crippen molar-refractivity contribution in [2.45, 2.75) is 33.0 Å². The van der Waals surface area contributed by atoms with E-state index in [1.54, 1.807) is 11.3 Å². The van der Waals surface area contributed by atoms with Crippen LogP contribution in [0.15, 0.2) is 177 Å². The van der Waals surface area contributed by atoms with Crippen LogP contribution in [0.25, 0.3) is 89.5 Å². The molecular formula is C57H46BN5S. The van der Waals surface area contributed by atoms with Gasteiger partial charge in [-0.25, -0.2) is 19.9 Å². The maximum absolute atomic E-state index is 5.09. The van der Waals surface area contributed by atoms with Crippen molar-refractivity contribution < 1.29 is 0 Å². The molecule has 3 heterocycles. The van der Waals surface area contributed by atoms with Gasteiger partial charge in [-0.3, -0.25) is 0 Å². The van der Waals surface area contributed by atoms with Crippen molar-refractivity contribution in [2.75, 3.05) is 0 Å². The fraction of sp³-hybridized carbons (Fsp3) is 0.0877. The average Bonchev–Trinajstić information content (AvgIpc) is 3.97. The Labute approximate surface area is 379 Å². The molecular weight excluding hydrogens is 798 g/mol. The molecule has 0 unspecified atom stereocenters. The first kappa shape index (κ1) is 40.6. The topological polar surface area (TPSA) is 56.5 Å². The lowest BCUT2D eigenvalue weighted by Gasteiger charge is -2.22. The Morgan fingerprint density at radius 2 is 1.28 bits per heavy atom. The molecule has 0 atom stereocenters. The third kappa shape index (κ3) is 7.08. The molecule has 0 aliphatic heterocycles. The summed E-state index contributed by atoms with van der Waals surface area (Å²) in [6.07, 6.45) is 10.3. The van der Waals surface area contributed by atoms with Crippen LogP contribution in [0.5, 0.6) is 0 Å². The smallest absolute Gasteiger partial charge is 0.177 e. The zero-order valence-corrected chi connectivity index (χ0v) is 37.3. The molecule has 1 aliphatic rings. The van der Waals surface area contributed by atoms with Gasteiger partial charge < -0.3 is 4.57 Å². The minimum absolute atomic E-state index is 0.197. The number of aromatic nitrogens is 5. The van der Waals surface area contributed by atoms with E-state index in [0.717, 1.165) is 73.7 Å². The fourth-order valence-corrected chi connectivity index (χ4v) is 10.4. The summed E-state index contributed by atoms with van der Waals surface area (Å²) in [5.74, 6) is 1.89. The van der Waals surface area contributed by atoms with Gasteiger partial charge in [0.2, 0.25) is 0 Å². The van der Waals surface area contributed by atoms with Gasteiger partial charge in [-0.1, -0.05) is 179 Å². The van der Waals surface area contributed by atoms with E-state index in [4.69, 9.17) is 19.9 Å². The summed E-state index contributed by atoms with van der Waals surface area (Å²) in [6.45, 7) is 17.5. The van der Waals surface area contributed by atoms with E-state index in [1.165, 1.54) is 32.5 Å². The number of allylic oxidation sites excluding steroid dienone is 4. The van der Waals surface area contributed by atoms with E-state index >= 15 is 0 Å². The fourth-order valence-electron chi connectivity index (χ4n) is 9.25. The summed E-state index contributed by atoms with van der Waals surface area (Å²) in [7, 11) is 0.810. The molecule has 10 rings (SSSR count). The van der Waals surface area contributed by atoms with Gasteiger partial charge in [0.05, 0.1) is 10.2 Å². The molecule has 6 aromatic carbocycles. The first-order valence-corrected chi connectivity index (χ1v) is 22.6. The van der Waals surface area contributed by atoms with Crippen molar-refractivity contribution >= 4 is 52.2 Å². The number of thiazole rings is 1. The molecule has 9 aromatic rings. The molecule has 3 aromatic heterocycles. The molecule has 1 aliphatic carbocycles. The van der Waals surface area contributed by atoms with Gasteiger partial charge in [0.15, 0.2) is 24.8 Å². The van der Waals surface area contributed by atoms with E-state index in [0.29, 0.717) is 17.5 Å². The van der Waals surface area contributed by atoms with Crippen LogP contribution >= 0.6 is 11.3 Å². The monoisotopic (exact) mass is 843 g/mol. The number of fused-ring (bicyclic) bond motifs is 5. The van der Waals surface area contributed by atoms with E-state index in [1.807, 2.05) is 78.9 Å². The second-order valence-corrected chi connectivity index (χ2v) is 17.6. The molecule has 0 radical (unpaired) electrons. The van der Waals surface area contributed by atoms with Crippen molar-refractivity contribution in [3.63, 3.8) is 0 Å². The third-order valence-electron chi connectivity index (χ3n) is 12.5. The van der Waals surface area contributed by atoms with E-state index in [2.05, 4.69) is 142 Å². The highest BCUT2D eigenvalue weighted by atomic mass is 32.1. The molecule has 308 valence electrons. The van der Waals surface area contributed by atoms with Crippen LogP contribution in [0.1, 0.15) is 47.4 Å². The predicted octanol–water partition coefficient (Wildman–Crippen LogP) is 13.6. The Bertz CT molecular complexity index is 3260. The van der Waals surface area contributed by atoms with Crippen LogP contribution in [0.4, 0.5) is 0 Å². The summed E-state index contributed by atoms with van der Waals surface area (Å²) in [5, 5.41) is 1.05. The molecule has 0 bridgehead atoms. The number of benzene rings is 6. The van der Waals surface area contributed by atoms with Gasteiger partial charge >= 0.3 is 0 Å². The molecule has 0 spiro atoms.